The van der Waals surface area contributed by atoms with Gasteiger partial charge in [0, 0.05) is 28.7 Å². The second-order valence-electron chi connectivity index (χ2n) is 6.70. The Morgan fingerprint density at radius 1 is 1.24 bits per heavy atom. The molecule has 154 valence electrons. The minimum atomic E-state index is -3.68. The van der Waals surface area contributed by atoms with Gasteiger partial charge < -0.3 is 15.4 Å². The number of anilines is 2. The summed E-state index contributed by atoms with van der Waals surface area (Å²) < 4.78 is 30.4. The molecule has 29 heavy (non-hydrogen) atoms. The molecule has 0 bridgehead atoms. The third kappa shape index (κ3) is 5.30. The Morgan fingerprint density at radius 3 is 2.66 bits per heavy atom. The molecular weight excluding hydrogens is 412 g/mol. The van der Waals surface area contributed by atoms with Crippen LogP contribution in [0.15, 0.2) is 52.3 Å². The van der Waals surface area contributed by atoms with Crippen LogP contribution in [-0.4, -0.2) is 38.8 Å². The van der Waals surface area contributed by atoms with Gasteiger partial charge in [0.15, 0.2) is 9.84 Å². The van der Waals surface area contributed by atoms with Crippen LogP contribution in [0.1, 0.15) is 13.3 Å². The second kappa shape index (κ2) is 8.87. The smallest absolute Gasteiger partial charge is 0.228 e. The zero-order chi connectivity index (χ0) is 21.0. The number of nitrogens with one attached hydrogen (secondary N) is 2. The lowest BCUT2D eigenvalue weighted by molar-refractivity contribution is -0.118. The van der Waals surface area contributed by atoms with E-state index in [1.165, 1.54) is 23.9 Å². The van der Waals surface area contributed by atoms with Gasteiger partial charge in [-0.15, -0.1) is 11.8 Å². The number of hydrogen-bond acceptors (Lipinski definition) is 6. The van der Waals surface area contributed by atoms with Gasteiger partial charge in [-0.25, -0.2) is 8.42 Å². The highest BCUT2D eigenvalue weighted by Gasteiger charge is 2.23. The number of methoxy groups -OCH3 is 1. The second-order valence-corrected chi connectivity index (χ2v) is 9.88. The quantitative estimate of drug-likeness (QED) is 0.724. The highest BCUT2D eigenvalue weighted by atomic mass is 32.2. The third-order valence-corrected chi connectivity index (χ3v) is 7.52. The lowest BCUT2D eigenvalue weighted by atomic mass is 10.2. The highest BCUT2D eigenvalue weighted by molar-refractivity contribution is 7.99. The van der Waals surface area contributed by atoms with Crippen LogP contribution in [0.25, 0.3) is 0 Å². The van der Waals surface area contributed by atoms with E-state index in [4.69, 9.17) is 4.74 Å². The van der Waals surface area contributed by atoms with E-state index in [0.29, 0.717) is 22.9 Å². The number of rotatable bonds is 6. The minimum absolute atomic E-state index is 0.0870. The van der Waals surface area contributed by atoms with Crippen molar-refractivity contribution in [2.24, 2.45) is 5.92 Å². The van der Waals surface area contributed by atoms with Crippen LogP contribution in [-0.2, 0) is 19.4 Å². The van der Waals surface area contributed by atoms with E-state index in [1.54, 1.807) is 37.4 Å². The van der Waals surface area contributed by atoms with E-state index in [2.05, 4.69) is 10.6 Å². The maximum Gasteiger partial charge on any atom is 0.228 e. The molecule has 1 atom stereocenters. The molecular formula is C20H22N2O5S2. The normalized spacial score (nSPS) is 16.3. The van der Waals surface area contributed by atoms with Crippen LogP contribution >= 0.6 is 11.8 Å². The van der Waals surface area contributed by atoms with E-state index in [1.807, 2.05) is 6.92 Å². The van der Waals surface area contributed by atoms with Crippen molar-refractivity contribution >= 4 is 44.8 Å². The van der Waals surface area contributed by atoms with Crippen molar-refractivity contribution < 1.29 is 22.7 Å². The van der Waals surface area contributed by atoms with E-state index < -0.39 is 15.7 Å². The molecule has 0 fully saturated rings. The molecule has 3 rings (SSSR count). The fraction of sp³-hybridized carbons (Fsp3) is 0.300. The van der Waals surface area contributed by atoms with Gasteiger partial charge in [0.2, 0.25) is 11.8 Å². The summed E-state index contributed by atoms with van der Waals surface area (Å²) >= 11 is 1.51. The Hall–Kier alpha value is -2.52. The van der Waals surface area contributed by atoms with Crippen LogP contribution in [0, 0.1) is 5.92 Å². The number of hydrogen-bond donors (Lipinski definition) is 2. The minimum Gasteiger partial charge on any atom is -0.497 e. The van der Waals surface area contributed by atoms with E-state index in [9.17, 15) is 18.0 Å². The molecule has 2 amide bonds. The number of fused-ring (bicyclic) bond motifs is 1. The standard InChI is InChI=1S/C20H22N2O5S2/c1-13-12-28-18-8-7-16(11-17(18)22-20(13)24)29(25,26)10-9-19(23)21-14-3-5-15(27-2)6-4-14/h3-8,11,13H,9-10,12H2,1-2H3,(H,21,23)(H,22,24)/t13-/m1/s1. The lowest BCUT2D eigenvalue weighted by Gasteiger charge is -2.10. The Balaban J connectivity index is 1.65. The largest absolute Gasteiger partial charge is 0.497 e. The molecule has 0 aliphatic carbocycles. The van der Waals surface area contributed by atoms with Crippen molar-refractivity contribution in [1.82, 2.24) is 0 Å². The number of benzene rings is 2. The fourth-order valence-corrected chi connectivity index (χ4v) is 4.99. The summed E-state index contributed by atoms with van der Waals surface area (Å²) in [6, 6.07) is 11.4. The third-order valence-electron chi connectivity index (χ3n) is 4.48. The van der Waals surface area contributed by atoms with Crippen molar-refractivity contribution in [3.05, 3.63) is 42.5 Å². The first-order chi connectivity index (χ1) is 13.8. The van der Waals surface area contributed by atoms with Gasteiger partial charge >= 0.3 is 0 Å². The number of amides is 2. The molecule has 0 spiro atoms. The topological polar surface area (TPSA) is 102 Å². The van der Waals surface area contributed by atoms with Gasteiger partial charge in [0.05, 0.1) is 23.4 Å². The first-order valence-corrected chi connectivity index (χ1v) is 11.7. The molecule has 1 aliphatic rings. The molecule has 0 saturated carbocycles. The van der Waals surface area contributed by atoms with Crippen molar-refractivity contribution in [1.29, 1.82) is 0 Å². The maximum absolute atomic E-state index is 12.7. The Morgan fingerprint density at radius 2 is 1.97 bits per heavy atom. The first-order valence-electron chi connectivity index (χ1n) is 9.03. The summed E-state index contributed by atoms with van der Waals surface area (Å²) in [6.07, 6.45) is -0.177. The maximum atomic E-state index is 12.7. The van der Waals surface area contributed by atoms with E-state index >= 15 is 0 Å². The highest BCUT2D eigenvalue weighted by Crippen LogP contribution is 2.34. The summed E-state index contributed by atoms with van der Waals surface area (Å²) in [4.78, 5) is 25.1. The molecule has 0 saturated heterocycles. The zero-order valence-corrected chi connectivity index (χ0v) is 17.7. The zero-order valence-electron chi connectivity index (χ0n) is 16.1. The van der Waals surface area contributed by atoms with Gasteiger partial charge in [0.25, 0.3) is 0 Å². The van der Waals surface area contributed by atoms with Crippen molar-refractivity contribution in [2.45, 2.75) is 23.1 Å². The predicted octanol–water partition coefficient (Wildman–Crippen LogP) is 3.18. The molecule has 0 unspecified atom stereocenters. The fourth-order valence-electron chi connectivity index (χ4n) is 2.72. The monoisotopic (exact) mass is 434 g/mol. The number of carbonyl (C=O) groups is 2. The number of carbonyl (C=O) groups excluding carboxylic acids is 2. The molecule has 1 aliphatic heterocycles. The van der Waals surface area contributed by atoms with Gasteiger partial charge in [-0.3, -0.25) is 9.59 Å². The first kappa shape index (κ1) is 21.2. The SMILES string of the molecule is COc1ccc(NC(=O)CCS(=O)(=O)c2ccc3c(c2)NC(=O)[C@H](C)CS3)cc1. The molecule has 2 aromatic rings. The Bertz CT molecular complexity index is 1020. The van der Waals surface area contributed by atoms with E-state index in [0.717, 1.165) is 4.90 Å². The molecule has 2 aromatic carbocycles. The molecule has 0 radical (unpaired) electrons. The average molecular weight is 435 g/mol. The van der Waals surface area contributed by atoms with Gasteiger partial charge in [-0.05, 0) is 42.5 Å². The van der Waals surface area contributed by atoms with Crippen LogP contribution in [0.5, 0.6) is 5.75 Å². The molecule has 1 heterocycles. The summed E-state index contributed by atoms with van der Waals surface area (Å²) in [6.45, 7) is 1.83. The summed E-state index contributed by atoms with van der Waals surface area (Å²) in [7, 11) is -2.13. The lowest BCUT2D eigenvalue weighted by Crippen LogP contribution is -2.20. The van der Waals surface area contributed by atoms with Crippen molar-refractivity contribution in [3.63, 3.8) is 0 Å². The Labute approximate surface area is 174 Å². The summed E-state index contributed by atoms with van der Waals surface area (Å²) in [5, 5.41) is 5.44. The van der Waals surface area contributed by atoms with E-state index in [-0.39, 0.29) is 28.9 Å². The van der Waals surface area contributed by atoms with Crippen molar-refractivity contribution in [2.75, 3.05) is 29.2 Å². The summed E-state index contributed by atoms with van der Waals surface area (Å²) in [5.41, 5.74) is 1.06. The van der Waals surface area contributed by atoms with Crippen molar-refractivity contribution in [3.8, 4) is 5.75 Å². The molecule has 0 aromatic heterocycles. The molecule has 7 nitrogen and oxygen atoms in total. The summed E-state index contributed by atoms with van der Waals surface area (Å²) in [5.74, 6) is 0.278. The van der Waals surface area contributed by atoms with Gasteiger partial charge in [-0.2, -0.15) is 0 Å². The van der Waals surface area contributed by atoms with Gasteiger partial charge in [-0.1, -0.05) is 6.92 Å². The Kier molecular flexibility index (Phi) is 6.49. The number of thioether (sulfide) groups is 1. The number of ether oxygens (including phenoxy) is 1. The van der Waals surface area contributed by atoms with Gasteiger partial charge in [0.1, 0.15) is 5.75 Å². The van der Waals surface area contributed by atoms with Crippen LogP contribution < -0.4 is 15.4 Å². The molecule has 2 N–H and O–H groups in total. The average Bonchev–Trinajstić information content (AvgIpc) is 2.85. The number of sulfone groups is 1. The van der Waals surface area contributed by atoms with Crippen LogP contribution in [0.4, 0.5) is 11.4 Å². The molecule has 9 heteroatoms. The van der Waals surface area contributed by atoms with Crippen LogP contribution in [0.2, 0.25) is 0 Å². The predicted molar refractivity (Wildman–Crippen MR) is 113 cm³/mol. The van der Waals surface area contributed by atoms with Crippen LogP contribution in [0.3, 0.4) is 0 Å².